The number of halogens is 1. The van der Waals surface area contributed by atoms with Crippen molar-refractivity contribution in [2.45, 2.75) is 26.2 Å². The highest BCUT2D eigenvalue weighted by molar-refractivity contribution is 14.1. The number of amides is 1. The first-order valence-corrected chi connectivity index (χ1v) is 6.98. The number of carbonyl (C=O) groups excluding carboxylic acids is 1. The number of hydrogen-bond donors (Lipinski definition) is 1. The lowest BCUT2D eigenvalue weighted by Crippen LogP contribution is -2.12. The average molecular weight is 370 g/mol. The number of nitrogens with zero attached hydrogens (tertiary/aromatic N) is 1. The van der Waals surface area contributed by atoms with E-state index < -0.39 is 0 Å². The lowest BCUT2D eigenvalue weighted by molar-refractivity contribution is 0.102. The largest absolute Gasteiger partial charge is 0.338 e. The van der Waals surface area contributed by atoms with Crippen molar-refractivity contribution in [3.63, 3.8) is 0 Å². The summed E-state index contributed by atoms with van der Waals surface area (Å²) in [6.45, 7) is 6.11. The minimum atomic E-state index is -0.199. The molecular weight excluding hydrogens is 355 g/mol. The summed E-state index contributed by atoms with van der Waals surface area (Å²) in [5, 5.41) is 6.67. The lowest BCUT2D eigenvalue weighted by atomic mass is 9.92. The van der Waals surface area contributed by atoms with Crippen LogP contribution in [-0.4, -0.2) is 11.1 Å². The van der Waals surface area contributed by atoms with E-state index in [4.69, 9.17) is 4.52 Å². The van der Waals surface area contributed by atoms with Crippen LogP contribution in [0, 0.1) is 3.57 Å². The van der Waals surface area contributed by atoms with Gasteiger partial charge in [0.05, 0.1) is 5.69 Å². The monoisotopic (exact) mass is 370 g/mol. The normalized spacial score (nSPS) is 11.4. The summed E-state index contributed by atoms with van der Waals surface area (Å²) in [4.78, 5) is 12.0. The molecule has 1 N–H and O–H groups in total. The van der Waals surface area contributed by atoms with Gasteiger partial charge in [-0.3, -0.25) is 10.1 Å². The molecule has 0 saturated heterocycles. The fourth-order valence-corrected chi connectivity index (χ4v) is 2.04. The first-order valence-electron chi connectivity index (χ1n) is 5.90. The van der Waals surface area contributed by atoms with Crippen LogP contribution in [0.5, 0.6) is 0 Å². The minimum Gasteiger partial charge on any atom is -0.338 e. The summed E-state index contributed by atoms with van der Waals surface area (Å²) < 4.78 is 6.14. The molecule has 1 aromatic heterocycles. The molecule has 1 aromatic carbocycles. The number of hydrogen-bond acceptors (Lipinski definition) is 3. The second kappa shape index (κ2) is 5.32. The highest BCUT2D eigenvalue weighted by Crippen LogP contribution is 2.23. The maximum absolute atomic E-state index is 12.0. The van der Waals surface area contributed by atoms with Crippen LogP contribution in [0.3, 0.4) is 0 Å². The third kappa shape index (κ3) is 3.56. The summed E-state index contributed by atoms with van der Waals surface area (Å²) in [5.74, 6) is 0.170. The summed E-state index contributed by atoms with van der Waals surface area (Å²) in [5.41, 5.74) is 1.31. The molecule has 0 bridgehead atoms. The van der Waals surface area contributed by atoms with Crippen LogP contribution >= 0.6 is 22.6 Å². The van der Waals surface area contributed by atoms with Gasteiger partial charge in [0, 0.05) is 20.6 Å². The maximum Gasteiger partial charge on any atom is 0.258 e. The average Bonchev–Trinajstić information content (AvgIpc) is 2.77. The molecule has 0 aliphatic carbocycles. The van der Waals surface area contributed by atoms with Crippen LogP contribution in [0.4, 0.5) is 5.88 Å². The van der Waals surface area contributed by atoms with Crippen molar-refractivity contribution in [3.05, 3.63) is 45.2 Å². The number of anilines is 1. The number of carbonyl (C=O) groups is 1. The SMILES string of the molecule is CC(C)(C)c1cc(NC(=O)c2cccc(I)c2)on1. The molecule has 0 spiro atoms. The van der Waals surface area contributed by atoms with E-state index in [-0.39, 0.29) is 11.3 Å². The van der Waals surface area contributed by atoms with E-state index in [0.717, 1.165) is 9.26 Å². The summed E-state index contributed by atoms with van der Waals surface area (Å²) >= 11 is 2.17. The van der Waals surface area contributed by atoms with Gasteiger partial charge >= 0.3 is 0 Å². The number of aromatic nitrogens is 1. The molecular formula is C14H15IN2O2. The highest BCUT2D eigenvalue weighted by Gasteiger charge is 2.19. The molecule has 100 valence electrons. The number of nitrogens with one attached hydrogen (secondary N) is 1. The van der Waals surface area contributed by atoms with Crippen LogP contribution in [0.1, 0.15) is 36.8 Å². The zero-order valence-corrected chi connectivity index (χ0v) is 13.2. The Bertz CT molecular complexity index is 599. The topological polar surface area (TPSA) is 55.1 Å². The second-order valence-electron chi connectivity index (χ2n) is 5.29. The van der Waals surface area contributed by atoms with Crippen LogP contribution in [-0.2, 0) is 5.41 Å². The summed E-state index contributed by atoms with van der Waals surface area (Å²) in [6.07, 6.45) is 0. The Balaban J connectivity index is 2.13. The maximum atomic E-state index is 12.0. The second-order valence-corrected chi connectivity index (χ2v) is 6.54. The molecule has 5 heteroatoms. The van der Waals surface area contributed by atoms with Crippen molar-refractivity contribution in [1.29, 1.82) is 0 Å². The molecule has 4 nitrogen and oxygen atoms in total. The predicted molar refractivity (Wildman–Crippen MR) is 82.3 cm³/mol. The summed E-state index contributed by atoms with van der Waals surface area (Å²) in [6, 6.07) is 9.11. The molecule has 0 aliphatic rings. The van der Waals surface area contributed by atoms with E-state index >= 15 is 0 Å². The van der Waals surface area contributed by atoms with Crippen molar-refractivity contribution in [2.75, 3.05) is 5.32 Å². The van der Waals surface area contributed by atoms with E-state index in [1.807, 2.05) is 39.0 Å². The summed E-state index contributed by atoms with van der Waals surface area (Å²) in [7, 11) is 0. The molecule has 0 radical (unpaired) electrons. The Morgan fingerprint density at radius 2 is 2.05 bits per heavy atom. The fourth-order valence-electron chi connectivity index (χ4n) is 1.50. The van der Waals surface area contributed by atoms with E-state index in [1.165, 1.54) is 0 Å². The van der Waals surface area contributed by atoms with Crippen LogP contribution in [0.15, 0.2) is 34.9 Å². The van der Waals surface area contributed by atoms with Crippen molar-refractivity contribution in [1.82, 2.24) is 5.16 Å². The zero-order chi connectivity index (χ0) is 14.0. The Morgan fingerprint density at radius 1 is 1.32 bits per heavy atom. The van der Waals surface area contributed by atoms with Gasteiger partial charge in [0.2, 0.25) is 5.88 Å². The van der Waals surface area contributed by atoms with E-state index in [9.17, 15) is 4.79 Å². The third-order valence-electron chi connectivity index (χ3n) is 2.60. The van der Waals surface area contributed by atoms with Gasteiger partial charge in [-0.15, -0.1) is 0 Å². The van der Waals surface area contributed by atoms with Gasteiger partial charge in [-0.05, 0) is 40.8 Å². The van der Waals surface area contributed by atoms with Crippen LogP contribution in [0.25, 0.3) is 0 Å². The molecule has 2 aromatic rings. The molecule has 1 amide bonds. The van der Waals surface area contributed by atoms with E-state index in [2.05, 4.69) is 33.1 Å². The minimum absolute atomic E-state index is 0.103. The lowest BCUT2D eigenvalue weighted by Gasteiger charge is -2.12. The van der Waals surface area contributed by atoms with Gasteiger partial charge in [-0.1, -0.05) is 32.0 Å². The van der Waals surface area contributed by atoms with Crippen molar-refractivity contribution in [2.24, 2.45) is 0 Å². The Kier molecular flexibility index (Phi) is 3.93. The molecule has 1 heterocycles. The van der Waals surface area contributed by atoms with Gasteiger partial charge in [0.15, 0.2) is 0 Å². The van der Waals surface area contributed by atoms with Gasteiger partial charge in [-0.2, -0.15) is 0 Å². The van der Waals surface area contributed by atoms with Gasteiger partial charge in [0.25, 0.3) is 5.91 Å². The van der Waals surface area contributed by atoms with E-state index in [0.29, 0.717) is 11.4 Å². The Hall–Kier alpha value is -1.37. The van der Waals surface area contributed by atoms with Gasteiger partial charge < -0.3 is 4.52 Å². The Labute approximate surface area is 125 Å². The number of rotatable bonds is 2. The smallest absolute Gasteiger partial charge is 0.258 e. The molecule has 0 unspecified atom stereocenters. The molecule has 0 atom stereocenters. The van der Waals surface area contributed by atoms with Crippen LogP contribution in [0.2, 0.25) is 0 Å². The molecule has 0 saturated carbocycles. The van der Waals surface area contributed by atoms with Crippen molar-refractivity contribution < 1.29 is 9.32 Å². The molecule has 2 rings (SSSR count). The molecule has 0 aliphatic heterocycles. The van der Waals surface area contributed by atoms with E-state index in [1.54, 1.807) is 12.1 Å². The third-order valence-corrected chi connectivity index (χ3v) is 3.27. The molecule has 19 heavy (non-hydrogen) atoms. The van der Waals surface area contributed by atoms with Gasteiger partial charge in [0.1, 0.15) is 0 Å². The van der Waals surface area contributed by atoms with Crippen molar-refractivity contribution in [3.8, 4) is 0 Å². The van der Waals surface area contributed by atoms with Crippen molar-refractivity contribution >= 4 is 34.4 Å². The zero-order valence-electron chi connectivity index (χ0n) is 11.0. The quantitative estimate of drug-likeness (QED) is 0.818. The standard InChI is InChI=1S/C14H15IN2O2/c1-14(2,3)11-8-12(19-17-11)16-13(18)9-5-4-6-10(15)7-9/h4-8H,1-3H3,(H,16,18). The first kappa shape index (κ1) is 14.0. The Morgan fingerprint density at radius 3 is 2.63 bits per heavy atom. The highest BCUT2D eigenvalue weighted by atomic mass is 127. The fraction of sp³-hybridized carbons (Fsp3) is 0.286. The predicted octanol–water partition coefficient (Wildman–Crippen LogP) is 3.83. The van der Waals surface area contributed by atoms with Gasteiger partial charge in [-0.25, -0.2) is 0 Å². The molecule has 0 fully saturated rings. The first-order chi connectivity index (χ1) is 8.86. The van der Waals surface area contributed by atoms with Crippen LogP contribution < -0.4 is 5.32 Å². The number of benzene rings is 1.